The van der Waals surface area contributed by atoms with E-state index in [0.29, 0.717) is 5.69 Å². The summed E-state index contributed by atoms with van der Waals surface area (Å²) >= 11 is 0. The molecule has 0 aliphatic carbocycles. The van der Waals surface area contributed by atoms with Gasteiger partial charge >= 0.3 is 6.18 Å². The third-order valence-electron chi connectivity index (χ3n) is 2.71. The van der Waals surface area contributed by atoms with E-state index in [4.69, 9.17) is 0 Å². The maximum atomic E-state index is 12.4. The summed E-state index contributed by atoms with van der Waals surface area (Å²) in [4.78, 5) is 3.94. The molecular weight excluding hydrogens is 241 g/mol. The van der Waals surface area contributed by atoms with Gasteiger partial charge in [0.1, 0.15) is 0 Å². The van der Waals surface area contributed by atoms with Crippen molar-refractivity contribution >= 4 is 0 Å². The Morgan fingerprint density at radius 1 is 1.28 bits per heavy atom. The van der Waals surface area contributed by atoms with Crippen LogP contribution in [0.2, 0.25) is 0 Å². The van der Waals surface area contributed by atoms with Crippen molar-refractivity contribution in [2.24, 2.45) is 5.92 Å². The van der Waals surface area contributed by atoms with Gasteiger partial charge in [0, 0.05) is 6.20 Å². The fourth-order valence-corrected chi connectivity index (χ4v) is 1.74. The summed E-state index contributed by atoms with van der Waals surface area (Å²) < 4.78 is 37.3. The molecule has 0 aromatic carbocycles. The summed E-state index contributed by atoms with van der Waals surface area (Å²) in [5.41, 5.74) is -0.0457. The monoisotopic (exact) mass is 260 g/mol. The van der Waals surface area contributed by atoms with Crippen LogP contribution in [-0.2, 0) is 6.18 Å². The Bertz CT molecular complexity index is 357. The first-order chi connectivity index (χ1) is 8.36. The lowest BCUT2D eigenvalue weighted by atomic mass is 10.00. The molecule has 1 aromatic heterocycles. The standard InChI is InChI=1S/C13H19F3N2/c1-4-7-17-12(9(2)3)11-6-5-10(8-18-11)13(14,15)16/h5-6,8-9,12,17H,4,7H2,1-3H3. The predicted molar refractivity (Wildman–Crippen MR) is 65.1 cm³/mol. The third-order valence-corrected chi connectivity index (χ3v) is 2.71. The van der Waals surface area contributed by atoms with Crippen LogP contribution in [0.25, 0.3) is 0 Å². The minimum atomic E-state index is -4.32. The molecule has 0 aliphatic rings. The van der Waals surface area contributed by atoms with Crippen LogP contribution >= 0.6 is 0 Å². The van der Waals surface area contributed by atoms with Gasteiger partial charge in [-0.1, -0.05) is 20.8 Å². The molecule has 0 aliphatic heterocycles. The molecule has 0 spiro atoms. The first-order valence-corrected chi connectivity index (χ1v) is 6.12. The summed E-state index contributed by atoms with van der Waals surface area (Å²) in [7, 11) is 0. The van der Waals surface area contributed by atoms with Crippen LogP contribution in [0.4, 0.5) is 13.2 Å². The zero-order valence-electron chi connectivity index (χ0n) is 10.9. The van der Waals surface area contributed by atoms with Crippen LogP contribution < -0.4 is 5.32 Å². The number of nitrogens with one attached hydrogen (secondary N) is 1. The third kappa shape index (κ3) is 3.98. The number of alkyl halides is 3. The first kappa shape index (κ1) is 15.0. The number of halogens is 3. The quantitative estimate of drug-likeness (QED) is 0.871. The molecule has 102 valence electrons. The Morgan fingerprint density at radius 3 is 2.33 bits per heavy atom. The fourth-order valence-electron chi connectivity index (χ4n) is 1.74. The lowest BCUT2D eigenvalue weighted by Gasteiger charge is -2.22. The average Bonchev–Trinajstić information content (AvgIpc) is 2.28. The molecule has 0 saturated carbocycles. The molecule has 1 rings (SSSR count). The van der Waals surface area contributed by atoms with Gasteiger partial charge in [-0.15, -0.1) is 0 Å². The Kier molecular flexibility index (Phi) is 5.14. The van der Waals surface area contributed by atoms with E-state index in [1.807, 2.05) is 20.8 Å². The Labute approximate surface area is 106 Å². The topological polar surface area (TPSA) is 24.9 Å². The van der Waals surface area contributed by atoms with Crippen LogP contribution in [0.3, 0.4) is 0 Å². The van der Waals surface area contributed by atoms with Gasteiger partial charge in [0.05, 0.1) is 17.3 Å². The largest absolute Gasteiger partial charge is 0.417 e. The smallest absolute Gasteiger partial charge is 0.308 e. The van der Waals surface area contributed by atoms with Gasteiger partial charge in [-0.2, -0.15) is 13.2 Å². The highest BCUT2D eigenvalue weighted by Gasteiger charge is 2.31. The lowest BCUT2D eigenvalue weighted by Crippen LogP contribution is -2.27. The molecule has 1 heterocycles. The molecule has 0 saturated heterocycles. The van der Waals surface area contributed by atoms with Crippen LogP contribution in [-0.4, -0.2) is 11.5 Å². The number of hydrogen-bond donors (Lipinski definition) is 1. The van der Waals surface area contributed by atoms with Crippen LogP contribution in [0.5, 0.6) is 0 Å². The molecule has 0 bridgehead atoms. The van der Waals surface area contributed by atoms with Crippen molar-refractivity contribution in [2.45, 2.75) is 39.4 Å². The van der Waals surface area contributed by atoms with E-state index in [0.717, 1.165) is 25.2 Å². The Balaban J connectivity index is 2.87. The van der Waals surface area contributed by atoms with Gasteiger partial charge in [-0.05, 0) is 31.0 Å². The highest BCUT2D eigenvalue weighted by Crippen LogP contribution is 2.29. The maximum absolute atomic E-state index is 12.4. The van der Waals surface area contributed by atoms with E-state index < -0.39 is 11.7 Å². The number of rotatable bonds is 5. The van der Waals surface area contributed by atoms with E-state index in [-0.39, 0.29) is 12.0 Å². The molecule has 1 aromatic rings. The second kappa shape index (κ2) is 6.18. The molecule has 1 unspecified atom stereocenters. The zero-order chi connectivity index (χ0) is 13.8. The van der Waals surface area contributed by atoms with Crippen molar-refractivity contribution in [1.82, 2.24) is 10.3 Å². The van der Waals surface area contributed by atoms with Gasteiger partial charge in [-0.25, -0.2) is 0 Å². The molecule has 1 atom stereocenters. The highest BCUT2D eigenvalue weighted by molar-refractivity contribution is 5.19. The van der Waals surface area contributed by atoms with Crippen LogP contribution in [0.1, 0.15) is 44.5 Å². The number of hydrogen-bond acceptors (Lipinski definition) is 2. The van der Waals surface area contributed by atoms with Crippen molar-refractivity contribution in [3.05, 3.63) is 29.6 Å². The molecule has 18 heavy (non-hydrogen) atoms. The van der Waals surface area contributed by atoms with Crippen molar-refractivity contribution in [3.63, 3.8) is 0 Å². The van der Waals surface area contributed by atoms with E-state index >= 15 is 0 Å². The lowest BCUT2D eigenvalue weighted by molar-refractivity contribution is -0.137. The minimum Gasteiger partial charge on any atom is -0.308 e. The van der Waals surface area contributed by atoms with Crippen molar-refractivity contribution < 1.29 is 13.2 Å². The number of nitrogens with zero attached hydrogens (tertiary/aromatic N) is 1. The molecule has 0 radical (unpaired) electrons. The fraction of sp³-hybridized carbons (Fsp3) is 0.615. The van der Waals surface area contributed by atoms with Crippen LogP contribution in [0, 0.1) is 5.92 Å². The van der Waals surface area contributed by atoms with E-state index in [2.05, 4.69) is 10.3 Å². The zero-order valence-corrected chi connectivity index (χ0v) is 10.9. The minimum absolute atomic E-state index is 0.00719. The number of aromatic nitrogens is 1. The van der Waals surface area contributed by atoms with Crippen molar-refractivity contribution in [2.75, 3.05) is 6.54 Å². The summed E-state index contributed by atoms with van der Waals surface area (Å²) in [5, 5.41) is 3.30. The van der Waals surface area contributed by atoms with E-state index in [9.17, 15) is 13.2 Å². The van der Waals surface area contributed by atoms with E-state index in [1.165, 1.54) is 6.07 Å². The molecule has 2 nitrogen and oxygen atoms in total. The van der Waals surface area contributed by atoms with Crippen molar-refractivity contribution in [3.8, 4) is 0 Å². The van der Waals surface area contributed by atoms with Gasteiger partial charge in [0.15, 0.2) is 0 Å². The summed E-state index contributed by atoms with van der Waals surface area (Å²) in [6, 6.07) is 2.54. The van der Waals surface area contributed by atoms with Gasteiger partial charge in [-0.3, -0.25) is 4.98 Å². The highest BCUT2D eigenvalue weighted by atomic mass is 19.4. The second-order valence-corrected chi connectivity index (χ2v) is 4.65. The predicted octanol–water partition coefficient (Wildman–Crippen LogP) is 3.80. The molecular formula is C13H19F3N2. The second-order valence-electron chi connectivity index (χ2n) is 4.65. The average molecular weight is 260 g/mol. The summed E-state index contributed by atoms with van der Waals surface area (Å²) in [6.07, 6.45) is -2.45. The molecule has 0 amide bonds. The summed E-state index contributed by atoms with van der Waals surface area (Å²) in [5.74, 6) is 0.279. The van der Waals surface area contributed by atoms with Gasteiger partial charge < -0.3 is 5.32 Å². The maximum Gasteiger partial charge on any atom is 0.417 e. The van der Waals surface area contributed by atoms with Crippen LogP contribution in [0.15, 0.2) is 18.3 Å². The molecule has 1 N–H and O–H groups in total. The van der Waals surface area contributed by atoms with E-state index in [1.54, 1.807) is 0 Å². The Hall–Kier alpha value is -1.10. The molecule has 5 heteroatoms. The van der Waals surface area contributed by atoms with Crippen molar-refractivity contribution in [1.29, 1.82) is 0 Å². The Morgan fingerprint density at radius 2 is 1.94 bits per heavy atom. The SMILES string of the molecule is CCCNC(c1ccc(C(F)(F)F)cn1)C(C)C. The normalized spacial score (nSPS) is 13.9. The number of pyridine rings is 1. The molecule has 0 fully saturated rings. The summed E-state index contributed by atoms with van der Waals surface area (Å²) in [6.45, 7) is 6.91. The first-order valence-electron chi connectivity index (χ1n) is 6.12. The van der Waals surface area contributed by atoms with Gasteiger partial charge in [0.2, 0.25) is 0 Å². The van der Waals surface area contributed by atoms with Gasteiger partial charge in [0.25, 0.3) is 0 Å².